The molecule has 1 saturated carbocycles. The maximum Gasteiger partial charge on any atom is 0.167 e. The van der Waals surface area contributed by atoms with E-state index >= 15 is 0 Å². The van der Waals surface area contributed by atoms with Crippen LogP contribution in [0.15, 0.2) is 18.5 Å². The Balaban J connectivity index is 1.87. The van der Waals surface area contributed by atoms with Gasteiger partial charge in [-0.2, -0.15) is 0 Å². The summed E-state index contributed by atoms with van der Waals surface area (Å²) in [7, 11) is 5.71. The van der Waals surface area contributed by atoms with Crippen LogP contribution in [-0.4, -0.2) is 48.2 Å². The van der Waals surface area contributed by atoms with Crippen molar-refractivity contribution in [3.05, 3.63) is 24.3 Å². The summed E-state index contributed by atoms with van der Waals surface area (Å²) >= 11 is 0. The van der Waals surface area contributed by atoms with Crippen LogP contribution in [0.3, 0.4) is 0 Å². The van der Waals surface area contributed by atoms with Gasteiger partial charge >= 0.3 is 0 Å². The van der Waals surface area contributed by atoms with Gasteiger partial charge in [0.2, 0.25) is 0 Å². The van der Waals surface area contributed by atoms with Crippen molar-refractivity contribution < 1.29 is 9.13 Å². The first-order chi connectivity index (χ1) is 11.1. The van der Waals surface area contributed by atoms with Gasteiger partial charge in [0, 0.05) is 23.5 Å². The van der Waals surface area contributed by atoms with Crippen LogP contribution >= 0.6 is 0 Å². The number of halogens is 1. The fourth-order valence-electron chi connectivity index (χ4n) is 3.29. The maximum absolute atomic E-state index is 13.8. The Morgan fingerprint density at radius 1 is 1.26 bits per heavy atom. The fraction of sp³-hybridized carbons (Fsp3) is 0.529. The highest BCUT2D eigenvalue weighted by Crippen LogP contribution is 2.30. The second kappa shape index (κ2) is 6.66. The normalized spacial score (nSPS) is 21.6. The van der Waals surface area contributed by atoms with E-state index in [0.29, 0.717) is 17.6 Å². The van der Waals surface area contributed by atoms with Crippen LogP contribution in [0.2, 0.25) is 0 Å². The Bertz CT molecular complexity index is 692. The summed E-state index contributed by atoms with van der Waals surface area (Å²) in [6, 6.07) is 4.01. The molecule has 124 valence electrons. The number of benzene rings is 1. The van der Waals surface area contributed by atoms with Crippen molar-refractivity contribution in [1.29, 1.82) is 0 Å². The van der Waals surface area contributed by atoms with Crippen molar-refractivity contribution in [1.82, 2.24) is 14.9 Å². The van der Waals surface area contributed by atoms with E-state index in [4.69, 9.17) is 4.74 Å². The molecule has 0 amide bonds. The number of anilines is 1. The number of nitrogens with zero attached hydrogens (tertiary/aromatic N) is 3. The maximum atomic E-state index is 13.8. The summed E-state index contributed by atoms with van der Waals surface area (Å²) in [6.07, 6.45) is 6.10. The largest absolute Gasteiger partial charge is 0.494 e. The number of hydrogen-bond acceptors (Lipinski definition) is 5. The van der Waals surface area contributed by atoms with Gasteiger partial charge in [-0.05, 0) is 45.8 Å². The topological polar surface area (TPSA) is 50.3 Å². The zero-order valence-electron chi connectivity index (χ0n) is 13.8. The quantitative estimate of drug-likeness (QED) is 0.939. The summed E-state index contributed by atoms with van der Waals surface area (Å²) in [6.45, 7) is 0. The Morgan fingerprint density at radius 3 is 2.83 bits per heavy atom. The zero-order chi connectivity index (χ0) is 16.4. The van der Waals surface area contributed by atoms with E-state index < -0.39 is 5.82 Å². The summed E-state index contributed by atoms with van der Waals surface area (Å²) in [4.78, 5) is 10.8. The van der Waals surface area contributed by atoms with E-state index in [9.17, 15) is 4.39 Å². The van der Waals surface area contributed by atoms with Crippen molar-refractivity contribution in [3.63, 3.8) is 0 Å². The third kappa shape index (κ3) is 3.37. The van der Waals surface area contributed by atoms with Crippen molar-refractivity contribution in [2.24, 2.45) is 0 Å². The van der Waals surface area contributed by atoms with Gasteiger partial charge in [-0.15, -0.1) is 0 Å². The number of ether oxygens (including phenoxy) is 1. The van der Waals surface area contributed by atoms with Crippen LogP contribution in [-0.2, 0) is 0 Å². The predicted octanol–water partition coefficient (Wildman–Crippen LogP) is 3.06. The highest BCUT2D eigenvalue weighted by molar-refractivity contribution is 5.90. The Hall–Kier alpha value is -1.95. The van der Waals surface area contributed by atoms with E-state index in [1.165, 1.54) is 32.3 Å². The standard InChI is InChI=1S/C17H23FN4O/c1-22(2)12-6-4-5-11(7-12)21-17-13-8-16(23-3)14(18)9-15(13)19-10-20-17/h8-12H,4-7H2,1-3H3,(H,19,20,21). The average Bonchev–Trinajstić information content (AvgIpc) is 2.54. The lowest BCUT2D eigenvalue weighted by molar-refractivity contribution is 0.219. The summed E-state index contributed by atoms with van der Waals surface area (Å²) < 4.78 is 18.9. The molecule has 2 unspecified atom stereocenters. The Morgan fingerprint density at radius 2 is 2.09 bits per heavy atom. The van der Waals surface area contributed by atoms with Crippen LogP contribution in [0, 0.1) is 5.82 Å². The number of hydrogen-bond donors (Lipinski definition) is 1. The molecule has 0 aliphatic heterocycles. The highest BCUT2D eigenvalue weighted by Gasteiger charge is 2.24. The molecule has 0 radical (unpaired) electrons. The van der Waals surface area contributed by atoms with E-state index in [1.54, 1.807) is 6.07 Å². The molecular weight excluding hydrogens is 295 g/mol. The fourth-order valence-corrected chi connectivity index (χ4v) is 3.29. The minimum atomic E-state index is -0.407. The molecule has 1 fully saturated rings. The lowest BCUT2D eigenvalue weighted by Crippen LogP contribution is -2.38. The molecule has 23 heavy (non-hydrogen) atoms. The third-order valence-corrected chi connectivity index (χ3v) is 4.63. The first-order valence-corrected chi connectivity index (χ1v) is 7.99. The molecule has 1 aromatic heterocycles. The lowest BCUT2D eigenvalue weighted by Gasteiger charge is -2.34. The highest BCUT2D eigenvalue weighted by atomic mass is 19.1. The second-order valence-electron chi connectivity index (χ2n) is 6.35. The molecule has 0 saturated heterocycles. The second-order valence-corrected chi connectivity index (χ2v) is 6.35. The molecule has 1 aliphatic rings. The minimum absolute atomic E-state index is 0.213. The molecule has 2 aromatic rings. The van der Waals surface area contributed by atoms with Gasteiger partial charge in [0.05, 0.1) is 12.6 Å². The number of rotatable bonds is 4. The van der Waals surface area contributed by atoms with Gasteiger partial charge in [0.15, 0.2) is 11.6 Å². The number of methoxy groups -OCH3 is 1. The molecule has 3 rings (SSSR count). The molecule has 0 spiro atoms. The first kappa shape index (κ1) is 15.9. The predicted molar refractivity (Wildman–Crippen MR) is 89.4 cm³/mol. The number of fused-ring (bicyclic) bond motifs is 1. The van der Waals surface area contributed by atoms with Gasteiger partial charge in [-0.1, -0.05) is 0 Å². The van der Waals surface area contributed by atoms with Gasteiger partial charge in [-0.3, -0.25) is 0 Å². The zero-order valence-corrected chi connectivity index (χ0v) is 13.8. The smallest absolute Gasteiger partial charge is 0.167 e. The summed E-state index contributed by atoms with van der Waals surface area (Å²) in [5.74, 6) is 0.554. The third-order valence-electron chi connectivity index (χ3n) is 4.63. The Kier molecular flexibility index (Phi) is 4.61. The average molecular weight is 318 g/mol. The molecule has 2 atom stereocenters. The SMILES string of the molecule is COc1cc2c(NC3CCCC(N(C)C)C3)ncnc2cc1F. The van der Waals surface area contributed by atoms with E-state index in [0.717, 1.165) is 24.0 Å². The van der Waals surface area contributed by atoms with Gasteiger partial charge in [0.25, 0.3) is 0 Å². The van der Waals surface area contributed by atoms with Crippen molar-refractivity contribution in [2.45, 2.75) is 37.8 Å². The van der Waals surface area contributed by atoms with Crippen molar-refractivity contribution in [2.75, 3.05) is 26.5 Å². The van der Waals surface area contributed by atoms with Crippen molar-refractivity contribution >= 4 is 16.7 Å². The summed E-state index contributed by atoms with van der Waals surface area (Å²) in [5, 5.41) is 4.31. The van der Waals surface area contributed by atoms with E-state index in [2.05, 4.69) is 34.3 Å². The molecule has 1 aromatic carbocycles. The van der Waals surface area contributed by atoms with E-state index in [-0.39, 0.29) is 5.75 Å². The Labute approximate surface area is 135 Å². The van der Waals surface area contributed by atoms with E-state index in [1.807, 2.05) is 0 Å². The molecule has 6 heteroatoms. The van der Waals surface area contributed by atoms with Crippen LogP contribution in [0.1, 0.15) is 25.7 Å². The molecule has 1 N–H and O–H groups in total. The van der Waals surface area contributed by atoms with Gasteiger partial charge < -0.3 is 15.0 Å². The van der Waals surface area contributed by atoms with Gasteiger partial charge in [-0.25, -0.2) is 14.4 Å². The van der Waals surface area contributed by atoms with Crippen LogP contribution in [0.5, 0.6) is 5.75 Å². The monoisotopic (exact) mass is 318 g/mol. The molecule has 1 aliphatic carbocycles. The molecule has 1 heterocycles. The number of nitrogens with one attached hydrogen (secondary N) is 1. The van der Waals surface area contributed by atoms with Gasteiger partial charge in [0.1, 0.15) is 12.1 Å². The van der Waals surface area contributed by atoms with Crippen LogP contribution in [0.25, 0.3) is 10.9 Å². The molecule has 5 nitrogen and oxygen atoms in total. The molecular formula is C17H23FN4O. The van der Waals surface area contributed by atoms with Crippen LogP contribution < -0.4 is 10.1 Å². The lowest BCUT2D eigenvalue weighted by atomic mass is 9.90. The van der Waals surface area contributed by atoms with Crippen LogP contribution in [0.4, 0.5) is 10.2 Å². The molecule has 0 bridgehead atoms. The van der Waals surface area contributed by atoms with Crippen molar-refractivity contribution in [3.8, 4) is 5.75 Å². The summed E-state index contributed by atoms with van der Waals surface area (Å²) in [5.41, 5.74) is 0.584. The first-order valence-electron chi connectivity index (χ1n) is 7.99. The minimum Gasteiger partial charge on any atom is -0.494 e. The number of aromatic nitrogens is 2.